The fourth-order valence-electron chi connectivity index (χ4n) is 2.14. The van der Waals surface area contributed by atoms with Gasteiger partial charge in [0.2, 0.25) is 0 Å². The second-order valence-electron chi connectivity index (χ2n) is 5.79. The predicted molar refractivity (Wildman–Crippen MR) is 80.0 cm³/mol. The van der Waals surface area contributed by atoms with Gasteiger partial charge >= 0.3 is 0 Å². The van der Waals surface area contributed by atoms with Gasteiger partial charge in [0.25, 0.3) is 0 Å². The molecule has 1 aromatic rings. The lowest BCUT2D eigenvalue weighted by Gasteiger charge is -2.23. The van der Waals surface area contributed by atoms with E-state index in [0.29, 0.717) is 0 Å². The van der Waals surface area contributed by atoms with Crippen LogP contribution in [0.2, 0.25) is 0 Å². The van der Waals surface area contributed by atoms with E-state index in [1.165, 1.54) is 17.5 Å². The molecule has 0 heterocycles. The maximum Gasteiger partial charge on any atom is 0.0208 e. The van der Waals surface area contributed by atoms with Crippen molar-refractivity contribution >= 4 is 0 Å². The average molecular weight is 248 g/mol. The number of hydrogen-bond acceptors (Lipinski definition) is 2. The van der Waals surface area contributed by atoms with Crippen LogP contribution in [0.25, 0.3) is 0 Å². The van der Waals surface area contributed by atoms with Crippen LogP contribution in [-0.4, -0.2) is 19.6 Å². The van der Waals surface area contributed by atoms with Crippen LogP contribution in [0.5, 0.6) is 0 Å². The highest BCUT2D eigenvalue weighted by atomic mass is 14.9. The van der Waals surface area contributed by atoms with Gasteiger partial charge in [0.15, 0.2) is 0 Å². The fourth-order valence-corrected chi connectivity index (χ4v) is 2.14. The predicted octanol–water partition coefficient (Wildman–Crippen LogP) is 3.07. The average Bonchev–Trinajstić information content (AvgIpc) is 2.33. The zero-order valence-corrected chi connectivity index (χ0v) is 12.3. The minimum absolute atomic E-state index is 0.224. The molecule has 2 N–H and O–H groups in total. The Bertz CT molecular complexity index is 339. The Morgan fingerprint density at radius 3 is 2.33 bits per heavy atom. The molecule has 0 aliphatic carbocycles. The first-order valence-electron chi connectivity index (χ1n) is 7.05. The third kappa shape index (κ3) is 5.19. The highest BCUT2D eigenvalue weighted by Gasteiger charge is 2.16. The molecule has 1 aromatic carbocycles. The van der Waals surface area contributed by atoms with E-state index in [2.05, 4.69) is 62.6 Å². The molecule has 0 saturated carbocycles. The molecule has 0 atom stereocenters. The molecular formula is C16H28N2. The summed E-state index contributed by atoms with van der Waals surface area (Å²) in [5, 5.41) is 6.88. The zero-order valence-electron chi connectivity index (χ0n) is 12.3. The van der Waals surface area contributed by atoms with Crippen molar-refractivity contribution in [2.45, 2.75) is 46.1 Å². The van der Waals surface area contributed by atoms with Crippen molar-refractivity contribution in [2.75, 3.05) is 19.6 Å². The van der Waals surface area contributed by atoms with Crippen LogP contribution >= 0.6 is 0 Å². The quantitative estimate of drug-likeness (QED) is 0.725. The topological polar surface area (TPSA) is 24.1 Å². The first kappa shape index (κ1) is 15.2. The molecule has 2 nitrogen and oxygen atoms in total. The lowest BCUT2D eigenvalue weighted by molar-refractivity contribution is 0.565. The van der Waals surface area contributed by atoms with Gasteiger partial charge in [0.05, 0.1) is 0 Å². The van der Waals surface area contributed by atoms with Gasteiger partial charge in [0.1, 0.15) is 0 Å². The standard InChI is InChI=1S/C16H28N2/c1-5-17-11-8-12-18-13-14-9-6-7-10-15(14)16(2,3)4/h6-7,9-10,17-18H,5,8,11-13H2,1-4H3. The smallest absolute Gasteiger partial charge is 0.0208 e. The van der Waals surface area contributed by atoms with E-state index >= 15 is 0 Å². The largest absolute Gasteiger partial charge is 0.317 e. The van der Waals surface area contributed by atoms with Crippen LogP contribution in [0, 0.1) is 0 Å². The molecule has 0 saturated heterocycles. The van der Waals surface area contributed by atoms with Gasteiger partial charge in [-0.3, -0.25) is 0 Å². The Hall–Kier alpha value is -0.860. The maximum atomic E-state index is 3.53. The van der Waals surface area contributed by atoms with Gasteiger partial charge in [0, 0.05) is 6.54 Å². The normalized spacial score (nSPS) is 11.8. The van der Waals surface area contributed by atoms with Crippen molar-refractivity contribution in [1.29, 1.82) is 0 Å². The van der Waals surface area contributed by atoms with Gasteiger partial charge < -0.3 is 10.6 Å². The minimum atomic E-state index is 0.224. The SMILES string of the molecule is CCNCCCNCc1ccccc1C(C)(C)C. The van der Waals surface area contributed by atoms with E-state index < -0.39 is 0 Å². The summed E-state index contributed by atoms with van der Waals surface area (Å²) in [6, 6.07) is 8.74. The van der Waals surface area contributed by atoms with E-state index in [1.807, 2.05) is 0 Å². The summed E-state index contributed by atoms with van der Waals surface area (Å²) in [5.41, 5.74) is 3.10. The second-order valence-corrected chi connectivity index (χ2v) is 5.79. The minimum Gasteiger partial charge on any atom is -0.317 e. The lowest BCUT2D eigenvalue weighted by Crippen LogP contribution is -2.23. The van der Waals surface area contributed by atoms with Crippen LogP contribution in [0.3, 0.4) is 0 Å². The Morgan fingerprint density at radius 2 is 1.67 bits per heavy atom. The molecule has 0 aliphatic heterocycles. The van der Waals surface area contributed by atoms with Crippen molar-refractivity contribution in [3.63, 3.8) is 0 Å². The van der Waals surface area contributed by atoms with Crippen LogP contribution in [0.4, 0.5) is 0 Å². The highest BCUT2D eigenvalue weighted by Crippen LogP contribution is 2.25. The first-order chi connectivity index (χ1) is 8.55. The van der Waals surface area contributed by atoms with E-state index in [1.54, 1.807) is 0 Å². The zero-order chi connectivity index (χ0) is 13.4. The molecule has 18 heavy (non-hydrogen) atoms. The van der Waals surface area contributed by atoms with Crippen LogP contribution in [0.15, 0.2) is 24.3 Å². The number of rotatable bonds is 7. The van der Waals surface area contributed by atoms with E-state index in [-0.39, 0.29) is 5.41 Å². The molecule has 0 fully saturated rings. The van der Waals surface area contributed by atoms with Gasteiger partial charge in [-0.2, -0.15) is 0 Å². The highest BCUT2D eigenvalue weighted by molar-refractivity contribution is 5.32. The molecule has 0 spiro atoms. The van der Waals surface area contributed by atoms with Crippen LogP contribution in [-0.2, 0) is 12.0 Å². The van der Waals surface area contributed by atoms with Gasteiger partial charge in [-0.15, -0.1) is 0 Å². The summed E-state index contributed by atoms with van der Waals surface area (Å²) in [6.07, 6.45) is 1.19. The molecule has 0 amide bonds. The van der Waals surface area contributed by atoms with Crippen molar-refractivity contribution in [3.05, 3.63) is 35.4 Å². The number of benzene rings is 1. The van der Waals surface area contributed by atoms with Crippen molar-refractivity contribution < 1.29 is 0 Å². The monoisotopic (exact) mass is 248 g/mol. The summed E-state index contributed by atoms with van der Waals surface area (Å²) in [4.78, 5) is 0. The molecule has 0 aliphatic rings. The summed E-state index contributed by atoms with van der Waals surface area (Å²) in [5.74, 6) is 0. The Labute approximate surface area is 112 Å². The van der Waals surface area contributed by atoms with Crippen molar-refractivity contribution in [1.82, 2.24) is 10.6 Å². The van der Waals surface area contributed by atoms with Gasteiger partial charge in [-0.25, -0.2) is 0 Å². The summed E-state index contributed by atoms with van der Waals surface area (Å²) in [6.45, 7) is 13.2. The summed E-state index contributed by atoms with van der Waals surface area (Å²) in [7, 11) is 0. The van der Waals surface area contributed by atoms with E-state index in [0.717, 1.165) is 26.2 Å². The second kappa shape index (κ2) is 7.55. The van der Waals surface area contributed by atoms with Crippen molar-refractivity contribution in [3.8, 4) is 0 Å². The Kier molecular flexibility index (Phi) is 6.37. The lowest BCUT2D eigenvalue weighted by atomic mass is 9.84. The molecule has 0 aromatic heterocycles. The Morgan fingerprint density at radius 1 is 1.00 bits per heavy atom. The number of hydrogen-bond donors (Lipinski definition) is 2. The molecule has 1 rings (SSSR count). The fraction of sp³-hybridized carbons (Fsp3) is 0.625. The molecule has 0 bridgehead atoms. The summed E-state index contributed by atoms with van der Waals surface area (Å²) < 4.78 is 0. The van der Waals surface area contributed by atoms with Crippen LogP contribution in [0.1, 0.15) is 45.2 Å². The van der Waals surface area contributed by atoms with Crippen LogP contribution < -0.4 is 10.6 Å². The Balaban J connectivity index is 2.43. The maximum absolute atomic E-state index is 3.53. The van der Waals surface area contributed by atoms with Gasteiger partial charge in [-0.1, -0.05) is 52.0 Å². The van der Waals surface area contributed by atoms with E-state index in [9.17, 15) is 0 Å². The molecular weight excluding hydrogens is 220 g/mol. The number of nitrogens with one attached hydrogen (secondary N) is 2. The van der Waals surface area contributed by atoms with E-state index in [4.69, 9.17) is 0 Å². The third-order valence-electron chi connectivity index (χ3n) is 3.10. The molecule has 0 unspecified atom stereocenters. The third-order valence-corrected chi connectivity index (χ3v) is 3.10. The summed E-state index contributed by atoms with van der Waals surface area (Å²) >= 11 is 0. The molecule has 102 valence electrons. The first-order valence-corrected chi connectivity index (χ1v) is 7.05. The molecule has 2 heteroatoms. The van der Waals surface area contributed by atoms with Crippen molar-refractivity contribution in [2.24, 2.45) is 0 Å². The molecule has 0 radical (unpaired) electrons. The van der Waals surface area contributed by atoms with Gasteiger partial charge in [-0.05, 0) is 42.6 Å².